The first-order valence-corrected chi connectivity index (χ1v) is 12.3. The number of hydrogen-bond acceptors (Lipinski definition) is 5. The number of sulfonamides is 1. The smallest absolute Gasteiger partial charge is 0.326 e. The zero-order valence-corrected chi connectivity index (χ0v) is 20.0. The van der Waals surface area contributed by atoms with Crippen LogP contribution in [0.5, 0.6) is 0 Å². The minimum Gasteiger partial charge on any atom is -0.326 e. The summed E-state index contributed by atoms with van der Waals surface area (Å²) in [6.07, 6.45) is -3.15. The third-order valence-corrected chi connectivity index (χ3v) is 7.58. The summed E-state index contributed by atoms with van der Waals surface area (Å²) in [5, 5.41) is 3.04. The number of halogens is 5. The van der Waals surface area contributed by atoms with E-state index in [2.05, 4.69) is 10.3 Å². The maximum Gasteiger partial charge on any atom is 0.416 e. The van der Waals surface area contributed by atoms with Gasteiger partial charge in [0.25, 0.3) is 15.9 Å². The fraction of sp³-hybridized carbons (Fsp3) is 0.182. The predicted octanol–water partition coefficient (Wildman–Crippen LogP) is 4.74. The van der Waals surface area contributed by atoms with Crippen LogP contribution in [-0.2, 0) is 22.6 Å². The molecule has 1 aliphatic rings. The third-order valence-electron chi connectivity index (χ3n) is 5.25. The number of nitrogens with one attached hydrogen (secondary N) is 1. The number of alkyl halides is 3. The van der Waals surface area contributed by atoms with Gasteiger partial charge < -0.3 is 11.1 Å². The van der Waals surface area contributed by atoms with E-state index in [9.17, 15) is 26.4 Å². The lowest BCUT2D eigenvalue weighted by atomic mass is 10.1. The van der Waals surface area contributed by atoms with Gasteiger partial charge in [0.15, 0.2) is 0 Å². The van der Waals surface area contributed by atoms with Crippen molar-refractivity contribution in [3.8, 4) is 0 Å². The van der Waals surface area contributed by atoms with Gasteiger partial charge in [0.1, 0.15) is 0 Å². The van der Waals surface area contributed by atoms with Crippen LogP contribution in [0.25, 0.3) is 0 Å². The molecular weight excluding hydrogens is 528 g/mol. The Morgan fingerprint density at radius 3 is 2.57 bits per heavy atom. The Hall–Kier alpha value is -2.86. The number of nitrogens with zero attached hydrogens (tertiary/aromatic N) is 2. The topological polar surface area (TPSA) is 105 Å². The Morgan fingerprint density at radius 2 is 1.89 bits per heavy atom. The number of hydrogen-bond donors (Lipinski definition) is 2. The van der Waals surface area contributed by atoms with Crippen molar-refractivity contribution >= 4 is 50.5 Å². The normalized spacial score (nSPS) is 16.1. The van der Waals surface area contributed by atoms with Gasteiger partial charge in [0.05, 0.1) is 44.3 Å². The minimum absolute atomic E-state index is 0.101. The average molecular weight is 545 g/mol. The summed E-state index contributed by atoms with van der Waals surface area (Å²) in [5.74, 6) is -0.590. The third kappa shape index (κ3) is 5.22. The highest BCUT2D eigenvalue weighted by Crippen LogP contribution is 2.35. The second kappa shape index (κ2) is 9.30. The molecule has 184 valence electrons. The van der Waals surface area contributed by atoms with Crippen LogP contribution in [0.3, 0.4) is 0 Å². The van der Waals surface area contributed by atoms with Gasteiger partial charge in [-0.25, -0.2) is 8.42 Å². The molecule has 0 aliphatic carbocycles. The molecule has 3 aromatic rings. The van der Waals surface area contributed by atoms with Crippen LogP contribution >= 0.6 is 23.2 Å². The Morgan fingerprint density at radius 1 is 1.14 bits per heavy atom. The SMILES string of the molecule is NC1Cc2ncc(NC(=O)c3ccc(Cl)cc3Cl)cc2N(S(=O)(=O)c2cccc(C(F)(F)F)c2)C1. The number of fused-ring (bicyclic) bond motifs is 1. The minimum atomic E-state index is -4.72. The van der Waals surface area contributed by atoms with Crippen molar-refractivity contribution < 1.29 is 26.4 Å². The molecule has 1 aromatic heterocycles. The van der Waals surface area contributed by atoms with E-state index in [4.69, 9.17) is 28.9 Å². The van der Waals surface area contributed by atoms with E-state index in [1.165, 1.54) is 30.5 Å². The Balaban J connectivity index is 1.71. The number of aromatic nitrogens is 1. The van der Waals surface area contributed by atoms with Gasteiger partial charge in [-0.1, -0.05) is 29.3 Å². The summed E-state index contributed by atoms with van der Waals surface area (Å²) in [6.45, 7) is -0.187. The molecule has 0 fully saturated rings. The highest BCUT2D eigenvalue weighted by molar-refractivity contribution is 7.92. The maximum absolute atomic E-state index is 13.4. The van der Waals surface area contributed by atoms with E-state index in [0.717, 1.165) is 22.5 Å². The molecular formula is C22H17Cl2F3N4O3S. The number of carbonyl (C=O) groups excluding carboxylic acids is 1. The van der Waals surface area contributed by atoms with Gasteiger partial charge in [0, 0.05) is 24.0 Å². The lowest BCUT2D eigenvalue weighted by Crippen LogP contribution is -2.46. The van der Waals surface area contributed by atoms with E-state index in [-0.39, 0.29) is 34.9 Å². The van der Waals surface area contributed by atoms with Crippen LogP contribution in [0.4, 0.5) is 24.5 Å². The van der Waals surface area contributed by atoms with Crippen molar-refractivity contribution in [2.45, 2.75) is 23.5 Å². The van der Waals surface area contributed by atoms with Crippen LogP contribution in [0, 0.1) is 0 Å². The van der Waals surface area contributed by atoms with Crippen molar-refractivity contribution in [1.29, 1.82) is 0 Å². The number of anilines is 2. The standard InChI is InChI=1S/C22H17Cl2F3N4O3S/c23-13-4-5-17(18(24)7-13)21(32)30-15-9-20-19(29-10-15)8-14(28)11-31(20)35(33,34)16-3-1-2-12(6-16)22(25,26)27/h1-7,9-10,14H,8,11,28H2,(H,30,32). The van der Waals surface area contributed by atoms with Crippen LogP contribution in [0.15, 0.2) is 59.6 Å². The lowest BCUT2D eigenvalue weighted by Gasteiger charge is -2.33. The number of amides is 1. The lowest BCUT2D eigenvalue weighted by molar-refractivity contribution is -0.137. The van der Waals surface area contributed by atoms with Crippen molar-refractivity contribution in [3.05, 3.63) is 81.6 Å². The Bertz CT molecular complexity index is 1420. The molecule has 0 spiro atoms. The molecule has 2 heterocycles. The number of pyridine rings is 1. The summed E-state index contributed by atoms with van der Waals surface area (Å²) in [5.41, 5.74) is 5.62. The molecule has 0 radical (unpaired) electrons. The largest absolute Gasteiger partial charge is 0.416 e. The molecule has 0 saturated carbocycles. The molecule has 35 heavy (non-hydrogen) atoms. The second-order valence-electron chi connectivity index (χ2n) is 7.79. The quantitative estimate of drug-likeness (QED) is 0.493. The van der Waals surface area contributed by atoms with E-state index in [0.29, 0.717) is 16.8 Å². The number of nitrogens with two attached hydrogens (primary N) is 1. The molecule has 0 bridgehead atoms. The molecule has 3 N–H and O–H groups in total. The fourth-order valence-corrected chi connectivity index (χ4v) is 5.69. The van der Waals surface area contributed by atoms with Crippen LogP contribution in [0.2, 0.25) is 10.0 Å². The zero-order valence-electron chi connectivity index (χ0n) is 17.7. The predicted molar refractivity (Wildman–Crippen MR) is 126 cm³/mol. The van der Waals surface area contributed by atoms with E-state index in [1.54, 1.807) is 0 Å². The molecule has 1 atom stereocenters. The van der Waals surface area contributed by atoms with Crippen LogP contribution in [0.1, 0.15) is 21.6 Å². The van der Waals surface area contributed by atoms with Crippen molar-refractivity contribution in [3.63, 3.8) is 0 Å². The van der Waals surface area contributed by atoms with Gasteiger partial charge in [-0.3, -0.25) is 14.1 Å². The second-order valence-corrected chi connectivity index (χ2v) is 10.5. The maximum atomic E-state index is 13.4. The summed E-state index contributed by atoms with van der Waals surface area (Å²) in [4.78, 5) is 16.4. The summed E-state index contributed by atoms with van der Waals surface area (Å²) in [7, 11) is -4.44. The highest BCUT2D eigenvalue weighted by atomic mass is 35.5. The van der Waals surface area contributed by atoms with Crippen LogP contribution < -0.4 is 15.4 Å². The molecule has 4 rings (SSSR count). The van der Waals surface area contributed by atoms with Crippen molar-refractivity contribution in [2.75, 3.05) is 16.2 Å². The molecule has 1 unspecified atom stereocenters. The average Bonchev–Trinajstić information content (AvgIpc) is 2.78. The Kier molecular flexibility index (Phi) is 6.71. The highest BCUT2D eigenvalue weighted by Gasteiger charge is 2.36. The van der Waals surface area contributed by atoms with Gasteiger partial charge in [-0.2, -0.15) is 13.2 Å². The fourth-order valence-electron chi connectivity index (χ4n) is 3.61. The van der Waals surface area contributed by atoms with E-state index in [1.807, 2.05) is 0 Å². The van der Waals surface area contributed by atoms with Gasteiger partial charge >= 0.3 is 6.18 Å². The summed E-state index contributed by atoms with van der Waals surface area (Å²) in [6, 6.07) is 8.49. The van der Waals surface area contributed by atoms with Gasteiger partial charge in [-0.15, -0.1) is 0 Å². The Labute approximate surface area is 208 Å². The van der Waals surface area contributed by atoms with Crippen LogP contribution in [-0.4, -0.2) is 31.9 Å². The number of rotatable bonds is 4. The zero-order chi connectivity index (χ0) is 25.5. The molecule has 1 amide bonds. The van der Waals surface area contributed by atoms with E-state index < -0.39 is 38.6 Å². The van der Waals surface area contributed by atoms with E-state index >= 15 is 0 Å². The molecule has 7 nitrogen and oxygen atoms in total. The molecule has 2 aromatic carbocycles. The van der Waals surface area contributed by atoms with Crippen molar-refractivity contribution in [2.24, 2.45) is 5.73 Å². The van der Waals surface area contributed by atoms with Crippen molar-refractivity contribution in [1.82, 2.24) is 4.98 Å². The number of benzene rings is 2. The molecule has 0 saturated heterocycles. The first-order valence-electron chi connectivity index (χ1n) is 10.1. The number of carbonyl (C=O) groups is 1. The molecule has 1 aliphatic heterocycles. The van der Waals surface area contributed by atoms with Gasteiger partial charge in [-0.05, 0) is 42.5 Å². The molecule has 13 heteroatoms. The summed E-state index contributed by atoms with van der Waals surface area (Å²) >= 11 is 11.9. The van der Waals surface area contributed by atoms with Gasteiger partial charge in [0.2, 0.25) is 0 Å². The first-order chi connectivity index (χ1) is 16.4. The first kappa shape index (κ1) is 25.2. The summed E-state index contributed by atoms with van der Waals surface area (Å²) < 4.78 is 67.1. The monoisotopic (exact) mass is 544 g/mol.